The Hall–Kier alpha value is -2.12. The van der Waals surface area contributed by atoms with Crippen molar-refractivity contribution in [2.75, 3.05) is 26.8 Å². The van der Waals surface area contributed by atoms with Gasteiger partial charge in [-0.3, -0.25) is 14.5 Å². The van der Waals surface area contributed by atoms with Crippen LogP contribution in [0.1, 0.15) is 37.7 Å². The third-order valence-corrected chi connectivity index (χ3v) is 8.11. The second-order valence-corrected chi connectivity index (χ2v) is 10.1. The Labute approximate surface area is 183 Å². The highest BCUT2D eigenvalue weighted by atomic mass is 16.5. The van der Waals surface area contributed by atoms with E-state index in [0.29, 0.717) is 30.9 Å². The molecule has 2 unspecified atom stereocenters. The quantitative estimate of drug-likeness (QED) is 0.721. The summed E-state index contributed by atoms with van der Waals surface area (Å²) in [5, 5.41) is 3.33. The second kappa shape index (κ2) is 8.10. The predicted molar refractivity (Wildman–Crippen MR) is 115 cm³/mol. The summed E-state index contributed by atoms with van der Waals surface area (Å²) in [5.41, 5.74) is 6.66. The lowest BCUT2D eigenvalue weighted by atomic mass is 9.47. The van der Waals surface area contributed by atoms with Gasteiger partial charge in [-0.2, -0.15) is 0 Å². The maximum Gasteiger partial charge on any atom is 0.250 e. The van der Waals surface area contributed by atoms with E-state index < -0.39 is 6.10 Å². The molecule has 31 heavy (non-hydrogen) atoms. The number of benzene rings is 1. The van der Waals surface area contributed by atoms with Crippen molar-refractivity contribution in [2.45, 2.75) is 50.8 Å². The minimum atomic E-state index is -0.450. The van der Waals surface area contributed by atoms with Crippen molar-refractivity contribution in [3.05, 3.63) is 29.8 Å². The predicted octanol–water partition coefficient (Wildman–Crippen LogP) is 1.69. The van der Waals surface area contributed by atoms with Crippen molar-refractivity contribution >= 4 is 11.8 Å². The van der Waals surface area contributed by atoms with Crippen LogP contribution in [0.4, 0.5) is 0 Å². The summed E-state index contributed by atoms with van der Waals surface area (Å²) >= 11 is 0. The molecule has 7 heteroatoms. The summed E-state index contributed by atoms with van der Waals surface area (Å²) in [5.74, 6) is 2.01. The Morgan fingerprint density at radius 2 is 1.90 bits per heavy atom. The number of rotatable bonds is 6. The van der Waals surface area contributed by atoms with Gasteiger partial charge in [0.15, 0.2) is 0 Å². The summed E-state index contributed by atoms with van der Waals surface area (Å²) < 4.78 is 11.1. The fourth-order valence-electron chi connectivity index (χ4n) is 6.81. The summed E-state index contributed by atoms with van der Waals surface area (Å²) in [6.45, 7) is 2.74. The Morgan fingerprint density at radius 3 is 2.55 bits per heavy atom. The van der Waals surface area contributed by atoms with E-state index in [1.807, 2.05) is 12.1 Å². The topological polar surface area (TPSA) is 93.9 Å². The van der Waals surface area contributed by atoms with E-state index in [2.05, 4.69) is 22.3 Å². The number of ether oxygens (including phenoxy) is 2. The van der Waals surface area contributed by atoms with Crippen LogP contribution in [-0.4, -0.2) is 55.7 Å². The lowest BCUT2D eigenvalue weighted by Gasteiger charge is -2.59. The highest BCUT2D eigenvalue weighted by molar-refractivity contribution is 5.83. The highest BCUT2D eigenvalue weighted by Crippen LogP contribution is 2.59. The molecule has 2 amide bonds. The lowest BCUT2D eigenvalue weighted by molar-refractivity contribution is -0.151. The molecule has 1 aliphatic heterocycles. The molecule has 6 rings (SSSR count). The number of primary amides is 1. The van der Waals surface area contributed by atoms with E-state index in [9.17, 15) is 9.59 Å². The van der Waals surface area contributed by atoms with Crippen molar-refractivity contribution < 1.29 is 19.1 Å². The molecule has 3 atom stereocenters. The van der Waals surface area contributed by atoms with Crippen molar-refractivity contribution in [2.24, 2.45) is 28.9 Å². The van der Waals surface area contributed by atoms with Gasteiger partial charge in [-0.05, 0) is 67.6 Å². The smallest absolute Gasteiger partial charge is 0.250 e. The average molecular weight is 428 g/mol. The molecule has 4 aliphatic carbocycles. The first-order valence-corrected chi connectivity index (χ1v) is 11.5. The number of nitrogens with zero attached hydrogens (tertiary/aromatic N) is 1. The molecular formula is C24H33N3O4. The molecule has 1 aromatic carbocycles. The van der Waals surface area contributed by atoms with E-state index >= 15 is 0 Å². The van der Waals surface area contributed by atoms with Crippen LogP contribution in [0, 0.1) is 23.2 Å². The maximum absolute atomic E-state index is 13.1. The zero-order chi connectivity index (χ0) is 21.6. The van der Waals surface area contributed by atoms with Gasteiger partial charge < -0.3 is 20.5 Å². The molecule has 0 spiro atoms. The van der Waals surface area contributed by atoms with Crippen LogP contribution < -0.4 is 15.8 Å². The maximum atomic E-state index is 13.1. The zero-order valence-corrected chi connectivity index (χ0v) is 18.2. The zero-order valence-electron chi connectivity index (χ0n) is 18.2. The standard InChI is InChI=1S/C24H33N3O4/c1-30-19-4-2-15(3-5-19)13-27-6-7-31-20(14-27)22(28)26-21-17-8-16-9-18(21)12-24(10-16,11-17)23(25)29/h2-5,16-18,20-21H,6-14H2,1H3,(H2,25,29)(H,26,28)/t16?,17?,18?,20-,21?,24?/m1/s1. The lowest BCUT2D eigenvalue weighted by Crippen LogP contribution is -2.63. The molecule has 7 nitrogen and oxygen atoms in total. The molecule has 1 saturated heterocycles. The van der Waals surface area contributed by atoms with Gasteiger partial charge in [0.05, 0.1) is 13.7 Å². The van der Waals surface area contributed by atoms with Crippen molar-refractivity contribution in [3.8, 4) is 5.75 Å². The number of methoxy groups -OCH3 is 1. The van der Waals surface area contributed by atoms with E-state index in [1.165, 1.54) is 5.56 Å². The summed E-state index contributed by atoms with van der Waals surface area (Å²) in [6.07, 6.45) is 4.36. The minimum absolute atomic E-state index is 0.00923. The summed E-state index contributed by atoms with van der Waals surface area (Å²) in [7, 11) is 1.66. The normalized spacial score (nSPS) is 36.9. The third-order valence-electron chi connectivity index (χ3n) is 8.11. The molecule has 4 saturated carbocycles. The first-order chi connectivity index (χ1) is 15.0. The van der Waals surface area contributed by atoms with Crippen molar-refractivity contribution in [1.82, 2.24) is 10.2 Å². The molecule has 5 aliphatic rings. The second-order valence-electron chi connectivity index (χ2n) is 10.1. The average Bonchev–Trinajstić information content (AvgIpc) is 2.76. The number of hydrogen-bond acceptors (Lipinski definition) is 5. The Balaban J connectivity index is 1.19. The summed E-state index contributed by atoms with van der Waals surface area (Å²) in [6, 6.07) is 8.20. The Kier molecular flexibility index (Phi) is 5.42. The van der Waals surface area contributed by atoms with Gasteiger partial charge in [-0.25, -0.2) is 0 Å². The molecule has 1 heterocycles. The van der Waals surface area contributed by atoms with Crippen molar-refractivity contribution in [3.63, 3.8) is 0 Å². The molecule has 5 fully saturated rings. The molecule has 0 radical (unpaired) electrons. The van der Waals surface area contributed by atoms with Crippen LogP contribution in [0.15, 0.2) is 24.3 Å². The van der Waals surface area contributed by atoms with Gasteiger partial charge in [-0.1, -0.05) is 12.1 Å². The Bertz CT molecular complexity index is 826. The summed E-state index contributed by atoms with van der Waals surface area (Å²) in [4.78, 5) is 27.5. The van der Waals surface area contributed by atoms with Gasteiger partial charge in [0.2, 0.25) is 5.91 Å². The number of hydrogen-bond donors (Lipinski definition) is 2. The molecule has 1 aromatic rings. The number of nitrogens with one attached hydrogen (secondary N) is 1. The highest BCUT2D eigenvalue weighted by Gasteiger charge is 2.58. The van der Waals surface area contributed by atoms with Crippen LogP contribution in [0.25, 0.3) is 0 Å². The van der Waals surface area contributed by atoms with Crippen LogP contribution in [0.2, 0.25) is 0 Å². The third kappa shape index (κ3) is 3.94. The monoisotopic (exact) mass is 427 g/mol. The van der Waals surface area contributed by atoms with E-state index in [0.717, 1.165) is 50.9 Å². The van der Waals surface area contributed by atoms with Crippen LogP contribution >= 0.6 is 0 Å². The minimum Gasteiger partial charge on any atom is -0.497 e. The number of amides is 2. The molecule has 3 N–H and O–H groups in total. The van der Waals surface area contributed by atoms with E-state index in [-0.39, 0.29) is 23.3 Å². The van der Waals surface area contributed by atoms with Gasteiger partial charge in [-0.15, -0.1) is 0 Å². The molecular weight excluding hydrogens is 394 g/mol. The number of carbonyl (C=O) groups excluding carboxylic acids is 2. The van der Waals surface area contributed by atoms with Crippen molar-refractivity contribution in [1.29, 1.82) is 0 Å². The number of carbonyl (C=O) groups is 2. The largest absolute Gasteiger partial charge is 0.497 e. The van der Waals surface area contributed by atoms with Gasteiger partial charge in [0, 0.05) is 31.1 Å². The molecule has 0 aromatic heterocycles. The molecule has 168 valence electrons. The van der Waals surface area contributed by atoms with Gasteiger partial charge >= 0.3 is 0 Å². The van der Waals surface area contributed by atoms with Crippen LogP contribution in [0.5, 0.6) is 5.75 Å². The SMILES string of the molecule is COc1ccc(CN2CCO[C@@H](C(=O)NC3C4CC5CC3CC(C(N)=O)(C5)C4)C2)cc1. The van der Waals surface area contributed by atoms with Crippen LogP contribution in [-0.2, 0) is 20.9 Å². The number of nitrogens with two attached hydrogens (primary N) is 1. The van der Waals surface area contributed by atoms with Gasteiger partial charge in [0.1, 0.15) is 11.9 Å². The molecule has 4 bridgehead atoms. The van der Waals surface area contributed by atoms with Gasteiger partial charge in [0.25, 0.3) is 5.91 Å². The first-order valence-electron chi connectivity index (χ1n) is 11.5. The van der Waals surface area contributed by atoms with E-state index in [4.69, 9.17) is 15.2 Å². The van der Waals surface area contributed by atoms with E-state index in [1.54, 1.807) is 7.11 Å². The first kappa shape index (κ1) is 20.8. The fourth-order valence-corrected chi connectivity index (χ4v) is 6.81. The Morgan fingerprint density at radius 1 is 1.19 bits per heavy atom. The number of morpholine rings is 1. The van der Waals surface area contributed by atoms with Crippen LogP contribution in [0.3, 0.4) is 0 Å². The fraction of sp³-hybridized carbons (Fsp3) is 0.667.